The van der Waals surface area contributed by atoms with E-state index in [4.69, 9.17) is 32.7 Å². The molecule has 0 amide bonds. The third-order valence-electron chi connectivity index (χ3n) is 5.05. The van der Waals surface area contributed by atoms with Gasteiger partial charge in [0.25, 0.3) is 0 Å². The number of esters is 1. The van der Waals surface area contributed by atoms with Gasteiger partial charge in [-0.05, 0) is 72.9 Å². The molecule has 1 aliphatic rings. The molecule has 0 aliphatic heterocycles. The van der Waals surface area contributed by atoms with E-state index in [0.29, 0.717) is 31.4 Å². The van der Waals surface area contributed by atoms with E-state index in [1.807, 2.05) is 13.8 Å². The fourth-order valence-electron chi connectivity index (χ4n) is 3.17. The van der Waals surface area contributed by atoms with Gasteiger partial charge in [-0.3, -0.25) is 4.79 Å². The smallest absolute Gasteiger partial charge is 0.310 e. The van der Waals surface area contributed by atoms with Gasteiger partial charge >= 0.3 is 5.97 Å². The first kappa shape index (κ1) is 23.3. The van der Waals surface area contributed by atoms with Crippen molar-refractivity contribution in [3.8, 4) is 17.6 Å². The average molecular weight is 439 g/mol. The van der Waals surface area contributed by atoms with Crippen LogP contribution in [0, 0.1) is 29.1 Å². The molecule has 156 valence electrons. The normalized spacial score (nSPS) is 19.6. The van der Waals surface area contributed by atoms with Gasteiger partial charge in [0.2, 0.25) is 0 Å². The van der Waals surface area contributed by atoms with Crippen LogP contribution in [0.1, 0.15) is 38.7 Å². The maximum absolute atomic E-state index is 13.8. The number of hydrogen-bond donors (Lipinski definition) is 0. The number of benzene rings is 1. The number of rotatable bonds is 8. The summed E-state index contributed by atoms with van der Waals surface area (Å²) in [5.41, 5.74) is 0.522. The fraction of sp³-hybridized carbons (Fsp3) is 0.435. The molecule has 3 nitrogen and oxygen atoms in total. The lowest BCUT2D eigenvalue weighted by Crippen LogP contribution is -2.11. The lowest BCUT2D eigenvalue weighted by Gasteiger charge is -2.05. The second kappa shape index (κ2) is 10.7. The molecule has 1 fully saturated rings. The molecule has 0 aromatic heterocycles. The van der Waals surface area contributed by atoms with Gasteiger partial charge < -0.3 is 9.47 Å². The Morgan fingerprint density at radius 2 is 1.93 bits per heavy atom. The summed E-state index contributed by atoms with van der Waals surface area (Å²) in [5, 5.41) is 0. The topological polar surface area (TPSA) is 35.5 Å². The number of methoxy groups -OCH3 is 1. The number of ether oxygens (including phenoxy) is 2. The molecule has 1 aromatic rings. The van der Waals surface area contributed by atoms with Crippen LogP contribution in [-0.2, 0) is 9.53 Å². The summed E-state index contributed by atoms with van der Waals surface area (Å²) < 4.78 is 24.3. The largest absolute Gasteiger partial charge is 0.497 e. The monoisotopic (exact) mass is 438 g/mol. The molecule has 0 spiro atoms. The van der Waals surface area contributed by atoms with Gasteiger partial charge in [0.15, 0.2) is 5.83 Å². The quantitative estimate of drug-likeness (QED) is 0.275. The summed E-state index contributed by atoms with van der Waals surface area (Å²) in [6.45, 7) is 4.28. The van der Waals surface area contributed by atoms with E-state index < -0.39 is 5.83 Å². The van der Waals surface area contributed by atoms with Crippen LogP contribution in [0.25, 0.3) is 0 Å². The van der Waals surface area contributed by atoms with Crippen molar-refractivity contribution in [1.82, 2.24) is 0 Å². The van der Waals surface area contributed by atoms with Gasteiger partial charge in [0.1, 0.15) is 10.2 Å². The minimum atomic E-state index is -0.467. The predicted octanol–water partition coefficient (Wildman–Crippen LogP) is 6.20. The van der Waals surface area contributed by atoms with E-state index in [1.54, 1.807) is 37.5 Å². The third-order valence-corrected chi connectivity index (χ3v) is 5.30. The highest BCUT2D eigenvalue weighted by Crippen LogP contribution is 2.60. The van der Waals surface area contributed by atoms with Crippen molar-refractivity contribution >= 4 is 29.2 Å². The number of allylic oxidation sites excluding steroid dienone is 3. The van der Waals surface area contributed by atoms with Gasteiger partial charge in [-0.25, -0.2) is 0 Å². The number of carbonyl (C=O) groups excluding carboxylic acids is 1. The van der Waals surface area contributed by atoms with E-state index in [1.165, 1.54) is 6.08 Å². The number of hydrogen-bond acceptors (Lipinski definition) is 3. The second-order valence-electron chi connectivity index (χ2n) is 7.47. The van der Waals surface area contributed by atoms with Gasteiger partial charge in [0, 0.05) is 5.56 Å². The highest BCUT2D eigenvalue weighted by Gasteiger charge is 2.61. The van der Waals surface area contributed by atoms with E-state index in [0.717, 1.165) is 5.75 Å². The lowest BCUT2D eigenvalue weighted by atomic mass is 10.1. The van der Waals surface area contributed by atoms with Crippen LogP contribution in [0.4, 0.5) is 4.39 Å². The molecule has 29 heavy (non-hydrogen) atoms. The zero-order valence-electron chi connectivity index (χ0n) is 16.8. The Bertz CT molecular complexity index is 828. The summed E-state index contributed by atoms with van der Waals surface area (Å²) in [5.74, 6) is 5.06. The first-order chi connectivity index (χ1) is 13.8. The van der Waals surface area contributed by atoms with Crippen molar-refractivity contribution in [2.45, 2.75) is 33.1 Å². The number of unbranched alkanes of at least 4 members (excludes halogenated alkanes) is 2. The molecular weight excluding hydrogens is 414 g/mol. The molecule has 1 aliphatic carbocycles. The zero-order chi connectivity index (χ0) is 21.4. The standard InChI is InChI=1S/C23H25Cl2FO3/c1-23(2)19(15-20(24)25)21(23)22(27)29-14-6-4-5-7-17(26)11-8-16-9-12-18(28-3)13-10-16/h7,9-10,12-13,15,19,21H,4-6,14H2,1-3H3/b17-7-/t19-,21-/m0/s1. The van der Waals surface area contributed by atoms with Crippen LogP contribution in [-0.4, -0.2) is 19.7 Å². The molecule has 0 heterocycles. The van der Waals surface area contributed by atoms with Crippen molar-refractivity contribution in [2.24, 2.45) is 17.3 Å². The summed E-state index contributed by atoms with van der Waals surface area (Å²) in [6.07, 6.45) is 5.03. The minimum Gasteiger partial charge on any atom is -0.497 e. The van der Waals surface area contributed by atoms with Crippen molar-refractivity contribution in [1.29, 1.82) is 0 Å². The summed E-state index contributed by atoms with van der Waals surface area (Å²) >= 11 is 11.4. The van der Waals surface area contributed by atoms with Crippen LogP contribution in [0.3, 0.4) is 0 Å². The van der Waals surface area contributed by atoms with E-state index >= 15 is 0 Å². The van der Waals surface area contributed by atoms with Crippen molar-refractivity contribution in [2.75, 3.05) is 13.7 Å². The van der Waals surface area contributed by atoms with Crippen molar-refractivity contribution < 1.29 is 18.7 Å². The highest BCUT2D eigenvalue weighted by atomic mass is 35.5. The number of halogens is 3. The molecule has 1 aromatic carbocycles. The van der Waals surface area contributed by atoms with E-state index in [-0.39, 0.29) is 27.7 Å². The van der Waals surface area contributed by atoms with Crippen LogP contribution < -0.4 is 4.74 Å². The first-order valence-corrected chi connectivity index (χ1v) is 10.2. The minimum absolute atomic E-state index is 0.00121. The molecule has 1 saturated carbocycles. The Labute approximate surface area is 181 Å². The first-order valence-electron chi connectivity index (χ1n) is 9.47. The molecule has 0 bridgehead atoms. The summed E-state index contributed by atoms with van der Waals surface area (Å²) in [4.78, 5) is 12.2. The maximum atomic E-state index is 13.8. The van der Waals surface area contributed by atoms with E-state index in [2.05, 4.69) is 11.8 Å². The van der Waals surface area contributed by atoms with Crippen LogP contribution in [0.15, 0.2) is 46.7 Å². The average Bonchev–Trinajstić information content (AvgIpc) is 3.22. The van der Waals surface area contributed by atoms with Crippen LogP contribution >= 0.6 is 23.2 Å². The van der Waals surface area contributed by atoms with Gasteiger partial charge in [0.05, 0.1) is 19.6 Å². The Balaban J connectivity index is 1.67. The highest BCUT2D eigenvalue weighted by molar-refractivity contribution is 6.55. The van der Waals surface area contributed by atoms with Crippen molar-refractivity contribution in [3.63, 3.8) is 0 Å². The van der Waals surface area contributed by atoms with Gasteiger partial charge in [-0.2, -0.15) is 4.39 Å². The maximum Gasteiger partial charge on any atom is 0.310 e. The second-order valence-corrected chi connectivity index (χ2v) is 8.48. The molecule has 2 rings (SSSR count). The third kappa shape index (κ3) is 7.10. The Hall–Kier alpha value is -1.96. The summed E-state index contributed by atoms with van der Waals surface area (Å²) in [6, 6.07) is 7.10. The molecule has 0 saturated heterocycles. The Kier molecular flexibility index (Phi) is 8.61. The van der Waals surface area contributed by atoms with Crippen molar-refractivity contribution in [3.05, 3.63) is 52.3 Å². The number of carbonyl (C=O) groups is 1. The zero-order valence-corrected chi connectivity index (χ0v) is 18.3. The lowest BCUT2D eigenvalue weighted by molar-refractivity contribution is -0.146. The van der Waals surface area contributed by atoms with Gasteiger partial charge in [-0.1, -0.05) is 43.0 Å². The molecule has 0 unspecified atom stereocenters. The molecule has 0 N–H and O–H groups in total. The fourth-order valence-corrected chi connectivity index (χ4v) is 3.44. The Morgan fingerprint density at radius 1 is 1.24 bits per heavy atom. The van der Waals surface area contributed by atoms with Crippen LogP contribution in [0.2, 0.25) is 0 Å². The van der Waals surface area contributed by atoms with Gasteiger partial charge in [-0.15, -0.1) is 0 Å². The van der Waals surface area contributed by atoms with E-state index in [9.17, 15) is 9.18 Å². The predicted molar refractivity (Wildman–Crippen MR) is 114 cm³/mol. The van der Waals surface area contributed by atoms with Crippen LogP contribution in [0.5, 0.6) is 5.75 Å². The Morgan fingerprint density at radius 3 is 2.55 bits per heavy atom. The molecular formula is C23H25Cl2FO3. The SMILES string of the molecule is COc1ccc(C#C/C(F)=C/CCCCOC(=O)[C@@H]2[C@H](C=C(Cl)Cl)C2(C)C)cc1. The molecule has 2 atom stereocenters. The molecule has 0 radical (unpaired) electrons. The summed E-state index contributed by atoms with van der Waals surface area (Å²) in [7, 11) is 1.59. The molecule has 6 heteroatoms.